The van der Waals surface area contributed by atoms with E-state index in [2.05, 4.69) is 0 Å². The minimum Gasteiger partial charge on any atom is -0.454 e. The molecule has 0 fully saturated rings. The molecule has 1 aliphatic carbocycles. The Morgan fingerprint density at radius 3 is 2.79 bits per heavy atom. The van der Waals surface area contributed by atoms with Gasteiger partial charge in [-0.3, -0.25) is 14.2 Å². The Kier molecular flexibility index (Phi) is 5.16. The summed E-state index contributed by atoms with van der Waals surface area (Å²) in [5.74, 6) is 1.25. The minimum absolute atomic E-state index is 0.0797. The van der Waals surface area contributed by atoms with E-state index in [1.807, 2.05) is 0 Å². The number of aryl methyl sites for hydroxylation is 2. The Bertz CT molecular complexity index is 1480. The summed E-state index contributed by atoms with van der Waals surface area (Å²) in [6, 6.07) is 12.2. The van der Waals surface area contributed by atoms with Gasteiger partial charge >= 0.3 is 0 Å². The molecule has 1 aliphatic heterocycles. The number of halogens is 1. The summed E-state index contributed by atoms with van der Waals surface area (Å²) in [7, 11) is 0. The van der Waals surface area contributed by atoms with Gasteiger partial charge in [-0.15, -0.1) is 11.3 Å². The first-order valence-corrected chi connectivity index (χ1v) is 12.7. The number of aromatic nitrogens is 2. The molecule has 9 heteroatoms. The molecule has 0 unspecified atom stereocenters. The van der Waals surface area contributed by atoms with E-state index in [1.165, 1.54) is 16.6 Å². The van der Waals surface area contributed by atoms with Gasteiger partial charge in [0, 0.05) is 15.5 Å². The van der Waals surface area contributed by atoms with Crippen LogP contribution in [0.25, 0.3) is 15.9 Å². The van der Waals surface area contributed by atoms with Crippen molar-refractivity contribution in [2.45, 2.75) is 24.4 Å². The third-order valence-corrected chi connectivity index (χ3v) is 8.20. The van der Waals surface area contributed by atoms with E-state index in [-0.39, 0.29) is 23.9 Å². The van der Waals surface area contributed by atoms with Gasteiger partial charge in [-0.25, -0.2) is 4.98 Å². The zero-order valence-corrected chi connectivity index (χ0v) is 19.7. The molecule has 2 aromatic carbocycles. The molecule has 6 rings (SSSR count). The second kappa shape index (κ2) is 8.20. The van der Waals surface area contributed by atoms with E-state index in [0.717, 1.165) is 29.7 Å². The summed E-state index contributed by atoms with van der Waals surface area (Å²) in [4.78, 5) is 33.4. The topological polar surface area (TPSA) is 70.4 Å². The van der Waals surface area contributed by atoms with Crippen LogP contribution in [0.2, 0.25) is 5.02 Å². The Hall–Kier alpha value is -2.81. The van der Waals surface area contributed by atoms with E-state index in [4.69, 9.17) is 26.1 Å². The summed E-state index contributed by atoms with van der Waals surface area (Å²) < 4.78 is 12.3. The Morgan fingerprint density at radius 2 is 1.94 bits per heavy atom. The second-order valence-corrected chi connectivity index (χ2v) is 10.3. The van der Waals surface area contributed by atoms with Gasteiger partial charge in [0.25, 0.3) is 5.56 Å². The van der Waals surface area contributed by atoms with Gasteiger partial charge in [-0.05, 0) is 67.3 Å². The van der Waals surface area contributed by atoms with Crippen molar-refractivity contribution in [3.05, 3.63) is 73.8 Å². The summed E-state index contributed by atoms with van der Waals surface area (Å²) in [6.45, 7) is 0.157. The lowest BCUT2D eigenvalue weighted by Crippen LogP contribution is -2.22. The Morgan fingerprint density at radius 1 is 1.12 bits per heavy atom. The highest BCUT2D eigenvalue weighted by molar-refractivity contribution is 7.99. The number of rotatable bonds is 5. The molecule has 6 nitrogen and oxygen atoms in total. The van der Waals surface area contributed by atoms with Crippen LogP contribution < -0.4 is 15.0 Å². The predicted octanol–water partition coefficient (Wildman–Crippen LogP) is 5.29. The average Bonchev–Trinajstić information content (AvgIpc) is 3.53. The van der Waals surface area contributed by atoms with Crippen LogP contribution in [0.1, 0.15) is 27.2 Å². The molecule has 0 bridgehead atoms. The van der Waals surface area contributed by atoms with E-state index >= 15 is 0 Å². The molecule has 2 aliphatic rings. The number of nitrogens with zero attached hydrogens (tertiary/aromatic N) is 2. The second-order valence-electron chi connectivity index (χ2n) is 7.83. The smallest absolute Gasteiger partial charge is 0.267 e. The maximum absolute atomic E-state index is 13.7. The van der Waals surface area contributed by atoms with E-state index in [0.29, 0.717) is 38.3 Å². The molecular formula is C24H17ClN2O4S2. The lowest BCUT2D eigenvalue weighted by atomic mass is 10.1. The molecule has 4 aromatic rings. The number of thioether (sulfide) groups is 1. The predicted molar refractivity (Wildman–Crippen MR) is 130 cm³/mol. The van der Waals surface area contributed by atoms with Gasteiger partial charge in [0.15, 0.2) is 22.4 Å². The number of thiophene rings is 1. The molecule has 0 amide bonds. The fraction of sp³-hybridized carbons (Fsp3) is 0.208. The lowest BCUT2D eigenvalue weighted by molar-refractivity contribution is 0.102. The normalized spacial score (nSPS) is 14.1. The first-order valence-electron chi connectivity index (χ1n) is 10.5. The summed E-state index contributed by atoms with van der Waals surface area (Å²) in [5, 5.41) is 1.78. The van der Waals surface area contributed by atoms with Crippen LogP contribution in [-0.4, -0.2) is 27.9 Å². The molecule has 0 atom stereocenters. The van der Waals surface area contributed by atoms with Crippen LogP contribution in [0.5, 0.6) is 11.5 Å². The summed E-state index contributed by atoms with van der Waals surface area (Å²) in [6.07, 6.45) is 2.96. The van der Waals surface area contributed by atoms with Crippen LogP contribution in [0.3, 0.4) is 0 Å². The van der Waals surface area contributed by atoms with Gasteiger partial charge in [0.1, 0.15) is 4.83 Å². The monoisotopic (exact) mass is 496 g/mol. The number of Topliss-reactive ketones (excluding diaryl/α,β-unsaturated/α-hetero) is 1. The van der Waals surface area contributed by atoms with Crippen molar-refractivity contribution in [3.63, 3.8) is 0 Å². The number of benzene rings is 2. The molecule has 33 heavy (non-hydrogen) atoms. The Balaban J connectivity index is 1.39. The zero-order valence-electron chi connectivity index (χ0n) is 17.3. The van der Waals surface area contributed by atoms with E-state index in [1.54, 1.807) is 58.4 Å². The van der Waals surface area contributed by atoms with Gasteiger partial charge in [0.2, 0.25) is 6.79 Å². The van der Waals surface area contributed by atoms with Crippen molar-refractivity contribution in [2.75, 3.05) is 12.5 Å². The lowest BCUT2D eigenvalue weighted by Gasteiger charge is -2.12. The highest BCUT2D eigenvalue weighted by Gasteiger charge is 2.24. The molecule has 2 aromatic heterocycles. The van der Waals surface area contributed by atoms with Crippen molar-refractivity contribution in [2.24, 2.45) is 0 Å². The number of hydrogen-bond donors (Lipinski definition) is 0. The Labute approximate surface area is 202 Å². The van der Waals surface area contributed by atoms with Crippen molar-refractivity contribution < 1.29 is 14.3 Å². The van der Waals surface area contributed by atoms with Gasteiger partial charge in [0.05, 0.1) is 16.8 Å². The highest BCUT2D eigenvalue weighted by Crippen LogP contribution is 2.37. The summed E-state index contributed by atoms with van der Waals surface area (Å²) >= 11 is 8.92. The van der Waals surface area contributed by atoms with Crippen LogP contribution in [0.15, 0.2) is 52.4 Å². The van der Waals surface area contributed by atoms with Crippen LogP contribution in [0, 0.1) is 0 Å². The number of fused-ring (bicyclic) bond motifs is 4. The van der Waals surface area contributed by atoms with Crippen LogP contribution in [-0.2, 0) is 12.8 Å². The number of ketones is 1. The number of carbonyl (C=O) groups is 1. The maximum atomic E-state index is 13.7. The highest BCUT2D eigenvalue weighted by atomic mass is 35.5. The third-order valence-electron chi connectivity index (χ3n) is 5.82. The molecule has 0 saturated carbocycles. The molecule has 0 saturated heterocycles. The SMILES string of the molecule is O=C(CSc1nc2sc3c(c2c(=O)n1-c1ccc(Cl)cc1)CCC3)c1ccc2c(c1)OCO2. The van der Waals surface area contributed by atoms with Crippen LogP contribution >= 0.6 is 34.7 Å². The van der Waals surface area contributed by atoms with Crippen molar-refractivity contribution in [3.8, 4) is 17.2 Å². The molecule has 166 valence electrons. The van der Waals surface area contributed by atoms with Crippen molar-refractivity contribution in [1.29, 1.82) is 0 Å². The first kappa shape index (κ1) is 20.8. The van der Waals surface area contributed by atoms with Gasteiger partial charge in [-0.1, -0.05) is 23.4 Å². The average molecular weight is 497 g/mol. The van der Waals surface area contributed by atoms with E-state index < -0.39 is 0 Å². The molecule has 0 spiro atoms. The summed E-state index contributed by atoms with van der Waals surface area (Å²) in [5.41, 5.74) is 2.24. The first-order chi connectivity index (χ1) is 16.1. The minimum atomic E-state index is -0.0975. The van der Waals surface area contributed by atoms with Crippen molar-refractivity contribution in [1.82, 2.24) is 9.55 Å². The fourth-order valence-corrected chi connectivity index (χ4v) is 6.56. The van der Waals surface area contributed by atoms with Gasteiger partial charge in [-0.2, -0.15) is 0 Å². The number of carbonyl (C=O) groups excluding carboxylic acids is 1. The van der Waals surface area contributed by atoms with Crippen LogP contribution in [0.4, 0.5) is 0 Å². The largest absolute Gasteiger partial charge is 0.454 e. The number of hydrogen-bond acceptors (Lipinski definition) is 7. The molecule has 0 N–H and O–H groups in total. The van der Waals surface area contributed by atoms with Crippen molar-refractivity contribution >= 4 is 50.7 Å². The quantitative estimate of drug-likeness (QED) is 0.212. The molecule has 3 heterocycles. The van der Waals surface area contributed by atoms with Gasteiger partial charge < -0.3 is 9.47 Å². The molecule has 0 radical (unpaired) electrons. The standard InChI is InChI=1S/C24H17ClN2O4S2/c25-14-5-7-15(8-6-14)27-23(29)21-16-2-1-3-20(16)33-22(21)26-24(27)32-11-17(28)13-4-9-18-19(10-13)31-12-30-18/h4-10H,1-3,11-12H2. The maximum Gasteiger partial charge on any atom is 0.267 e. The van der Waals surface area contributed by atoms with E-state index in [9.17, 15) is 9.59 Å². The third kappa shape index (κ3) is 3.62. The molecular weight excluding hydrogens is 480 g/mol. The zero-order chi connectivity index (χ0) is 22.5. The number of ether oxygens (including phenoxy) is 2. The fourth-order valence-electron chi connectivity index (χ4n) is 4.22.